The second-order valence-corrected chi connectivity index (χ2v) is 6.89. The highest BCUT2D eigenvalue weighted by Crippen LogP contribution is 2.13. The number of fused-ring (bicyclic) bond motifs is 1. The molecule has 4 aromatic rings. The van der Waals surface area contributed by atoms with Crippen LogP contribution >= 0.6 is 0 Å². The first-order chi connectivity index (χ1) is 15.0. The fourth-order valence-electron chi connectivity index (χ4n) is 3.06. The Hall–Kier alpha value is -4.34. The van der Waals surface area contributed by atoms with Gasteiger partial charge in [-0.25, -0.2) is 9.67 Å². The van der Waals surface area contributed by atoms with Crippen molar-refractivity contribution in [3.05, 3.63) is 76.8 Å². The van der Waals surface area contributed by atoms with Crippen molar-refractivity contribution in [2.45, 2.75) is 20.0 Å². The van der Waals surface area contributed by atoms with Gasteiger partial charge in [-0.15, -0.1) is 5.10 Å². The molecule has 0 bridgehead atoms. The number of carbonyl (C=O) groups is 2. The largest absolute Gasteiger partial charge is 0.326 e. The first-order valence-electron chi connectivity index (χ1n) is 9.49. The minimum absolute atomic E-state index is 0.103. The predicted molar refractivity (Wildman–Crippen MR) is 115 cm³/mol. The van der Waals surface area contributed by atoms with Crippen LogP contribution in [0, 0.1) is 0 Å². The van der Waals surface area contributed by atoms with Gasteiger partial charge in [0.25, 0.3) is 5.56 Å². The van der Waals surface area contributed by atoms with Crippen molar-refractivity contribution in [1.29, 1.82) is 0 Å². The summed E-state index contributed by atoms with van der Waals surface area (Å²) in [6, 6.07) is 16.3. The van der Waals surface area contributed by atoms with Gasteiger partial charge in [0.1, 0.15) is 12.9 Å². The maximum atomic E-state index is 12.7. The molecule has 31 heavy (non-hydrogen) atoms. The molecule has 2 amide bonds. The lowest BCUT2D eigenvalue weighted by Crippen LogP contribution is -2.28. The summed E-state index contributed by atoms with van der Waals surface area (Å²) in [4.78, 5) is 40.4. The van der Waals surface area contributed by atoms with Crippen LogP contribution in [0.5, 0.6) is 0 Å². The smallest absolute Gasteiger partial charge is 0.283 e. The number of aromatic nitrogens is 5. The first-order valence-corrected chi connectivity index (χ1v) is 9.49. The molecule has 0 unspecified atom stereocenters. The molecule has 0 spiro atoms. The fourth-order valence-corrected chi connectivity index (χ4v) is 3.06. The minimum Gasteiger partial charge on any atom is -0.326 e. The van der Waals surface area contributed by atoms with Gasteiger partial charge in [0.05, 0.1) is 6.54 Å². The summed E-state index contributed by atoms with van der Waals surface area (Å²) in [5.41, 5.74) is 2.18. The molecule has 0 saturated heterocycles. The fraction of sp³-hybridized carbons (Fsp3) is 0.143. The van der Waals surface area contributed by atoms with Gasteiger partial charge in [-0.1, -0.05) is 35.5 Å². The monoisotopic (exact) mass is 417 g/mol. The number of rotatable bonds is 6. The molecule has 2 heterocycles. The van der Waals surface area contributed by atoms with Crippen molar-refractivity contribution in [1.82, 2.24) is 24.5 Å². The Morgan fingerprint density at radius 1 is 0.968 bits per heavy atom. The predicted octanol–water partition coefficient (Wildman–Crippen LogP) is 1.63. The van der Waals surface area contributed by atoms with Crippen LogP contribution in [0.2, 0.25) is 0 Å². The van der Waals surface area contributed by atoms with Crippen LogP contribution in [0.3, 0.4) is 0 Å². The summed E-state index contributed by atoms with van der Waals surface area (Å²) in [7, 11) is 0. The summed E-state index contributed by atoms with van der Waals surface area (Å²) in [6.45, 7) is 1.63. The third kappa shape index (κ3) is 4.64. The maximum absolute atomic E-state index is 12.7. The topological polar surface area (TPSA) is 124 Å². The van der Waals surface area contributed by atoms with Crippen molar-refractivity contribution in [2.75, 3.05) is 10.6 Å². The number of nitrogens with one attached hydrogen (secondary N) is 2. The van der Waals surface area contributed by atoms with E-state index in [2.05, 4.69) is 25.9 Å². The molecule has 2 aromatic carbocycles. The molecule has 156 valence electrons. The number of nitrogens with zero attached hydrogens (tertiary/aromatic N) is 5. The number of carbonyl (C=O) groups excluding carboxylic acids is 2. The maximum Gasteiger partial charge on any atom is 0.283 e. The van der Waals surface area contributed by atoms with Crippen LogP contribution in [-0.4, -0.2) is 36.4 Å². The van der Waals surface area contributed by atoms with Gasteiger partial charge in [0.2, 0.25) is 11.8 Å². The van der Waals surface area contributed by atoms with Gasteiger partial charge in [0, 0.05) is 18.3 Å². The Bertz CT molecular complexity index is 1290. The minimum atomic E-state index is -0.444. The summed E-state index contributed by atoms with van der Waals surface area (Å²) < 4.78 is 2.73. The van der Waals surface area contributed by atoms with Crippen LogP contribution in [0.25, 0.3) is 11.2 Å². The molecule has 10 heteroatoms. The van der Waals surface area contributed by atoms with Gasteiger partial charge >= 0.3 is 0 Å². The zero-order valence-electron chi connectivity index (χ0n) is 16.6. The molecule has 0 radical (unpaired) electrons. The van der Waals surface area contributed by atoms with E-state index in [1.807, 2.05) is 30.3 Å². The van der Waals surface area contributed by atoms with Crippen molar-refractivity contribution < 1.29 is 9.59 Å². The second kappa shape index (κ2) is 8.57. The van der Waals surface area contributed by atoms with Crippen LogP contribution in [-0.2, 0) is 22.7 Å². The van der Waals surface area contributed by atoms with E-state index in [0.29, 0.717) is 23.6 Å². The standard InChI is InChI=1S/C21H19N7O3/c1-14(29)23-16-7-9-17(10-8-16)24-18(30)12-27-13-22-20-19(21(27)31)25-26-28(20)11-15-5-3-2-4-6-15/h2-10,13H,11-12H2,1H3,(H,23,29)(H,24,30). The van der Waals surface area contributed by atoms with Crippen molar-refractivity contribution in [3.8, 4) is 0 Å². The third-order valence-electron chi connectivity index (χ3n) is 4.47. The molecule has 0 fully saturated rings. The van der Waals surface area contributed by atoms with Gasteiger partial charge in [-0.05, 0) is 29.8 Å². The van der Waals surface area contributed by atoms with E-state index < -0.39 is 11.5 Å². The molecule has 0 atom stereocenters. The third-order valence-corrected chi connectivity index (χ3v) is 4.47. The Labute approximate surface area is 176 Å². The summed E-state index contributed by atoms with van der Waals surface area (Å²) >= 11 is 0. The van der Waals surface area contributed by atoms with Gasteiger partial charge in [-0.3, -0.25) is 19.0 Å². The summed E-state index contributed by atoms with van der Waals surface area (Å²) in [5, 5.41) is 13.3. The van der Waals surface area contributed by atoms with E-state index in [1.54, 1.807) is 28.9 Å². The molecular weight excluding hydrogens is 398 g/mol. The number of hydrogen-bond acceptors (Lipinski definition) is 6. The molecule has 0 saturated carbocycles. The van der Waals surface area contributed by atoms with E-state index in [9.17, 15) is 14.4 Å². The van der Waals surface area contributed by atoms with Crippen LogP contribution < -0.4 is 16.2 Å². The SMILES string of the molecule is CC(=O)Nc1ccc(NC(=O)Cn2cnc3c(nnn3Cc3ccccc3)c2=O)cc1. The van der Waals surface area contributed by atoms with E-state index in [4.69, 9.17) is 0 Å². The van der Waals surface area contributed by atoms with Crippen molar-refractivity contribution >= 4 is 34.4 Å². The Balaban J connectivity index is 1.47. The number of benzene rings is 2. The molecule has 10 nitrogen and oxygen atoms in total. The molecule has 4 rings (SSSR count). The van der Waals surface area contributed by atoms with Crippen LogP contribution in [0.15, 0.2) is 65.7 Å². The summed E-state index contributed by atoms with van der Waals surface area (Å²) in [6.07, 6.45) is 1.31. The normalized spacial score (nSPS) is 10.7. The van der Waals surface area contributed by atoms with E-state index in [1.165, 1.54) is 17.8 Å². The molecule has 0 aliphatic heterocycles. The van der Waals surface area contributed by atoms with Crippen molar-refractivity contribution in [2.24, 2.45) is 0 Å². The Kier molecular flexibility index (Phi) is 5.52. The number of amides is 2. The van der Waals surface area contributed by atoms with E-state index in [0.717, 1.165) is 5.56 Å². The highest BCUT2D eigenvalue weighted by atomic mass is 16.2. The lowest BCUT2D eigenvalue weighted by molar-refractivity contribution is -0.117. The molecule has 0 aliphatic rings. The quantitative estimate of drug-likeness (QED) is 0.491. The molecular formula is C21H19N7O3. The second-order valence-electron chi connectivity index (χ2n) is 6.89. The lowest BCUT2D eigenvalue weighted by atomic mass is 10.2. The van der Waals surface area contributed by atoms with E-state index in [-0.39, 0.29) is 18.0 Å². The van der Waals surface area contributed by atoms with Crippen LogP contribution in [0.1, 0.15) is 12.5 Å². The summed E-state index contributed by atoms with van der Waals surface area (Å²) in [5.74, 6) is -0.577. The van der Waals surface area contributed by atoms with Crippen molar-refractivity contribution in [3.63, 3.8) is 0 Å². The van der Waals surface area contributed by atoms with E-state index >= 15 is 0 Å². The lowest BCUT2D eigenvalue weighted by Gasteiger charge is -2.08. The first kappa shape index (κ1) is 20.0. The zero-order valence-corrected chi connectivity index (χ0v) is 16.6. The van der Waals surface area contributed by atoms with Gasteiger partial charge in [-0.2, -0.15) is 0 Å². The number of anilines is 2. The molecule has 2 N–H and O–H groups in total. The number of hydrogen-bond donors (Lipinski definition) is 2. The van der Waals surface area contributed by atoms with Gasteiger partial charge in [0.15, 0.2) is 11.2 Å². The Morgan fingerprint density at radius 3 is 2.32 bits per heavy atom. The Morgan fingerprint density at radius 2 is 1.65 bits per heavy atom. The van der Waals surface area contributed by atoms with Gasteiger partial charge < -0.3 is 10.6 Å². The average Bonchev–Trinajstić information content (AvgIpc) is 3.15. The average molecular weight is 417 g/mol. The molecule has 2 aromatic heterocycles. The highest BCUT2D eigenvalue weighted by molar-refractivity contribution is 5.92. The highest BCUT2D eigenvalue weighted by Gasteiger charge is 2.14. The van der Waals surface area contributed by atoms with Crippen LogP contribution in [0.4, 0.5) is 11.4 Å². The molecule has 0 aliphatic carbocycles. The zero-order chi connectivity index (χ0) is 21.8.